The standard InChI is InChI=1S/C28H27FN2O5/c1-34-25-10-8-18(16-26(25)35-2)20-15-19-7-9-24(32)21(27(19)36-28(20)33)17-30-11-13-31(14-12-30)23-6-4-3-5-22(23)29/h3-10,15-16,32H,11-14,17H2,1-2H3. The Bertz CT molecular complexity index is 1460. The molecule has 0 saturated carbocycles. The number of rotatable bonds is 6. The number of methoxy groups -OCH3 is 2. The van der Waals surface area contributed by atoms with E-state index in [4.69, 9.17) is 13.9 Å². The molecule has 1 aliphatic heterocycles. The Morgan fingerprint density at radius 1 is 0.944 bits per heavy atom. The third kappa shape index (κ3) is 4.47. The smallest absolute Gasteiger partial charge is 0.344 e. The molecule has 3 aromatic carbocycles. The minimum atomic E-state index is -0.508. The molecule has 0 unspecified atom stereocenters. The van der Waals surface area contributed by atoms with Gasteiger partial charge < -0.3 is 23.9 Å². The van der Waals surface area contributed by atoms with Crippen molar-refractivity contribution in [2.45, 2.75) is 6.54 Å². The fourth-order valence-electron chi connectivity index (χ4n) is 4.67. The molecule has 1 aliphatic rings. The number of benzene rings is 3. The summed E-state index contributed by atoms with van der Waals surface area (Å²) in [5.74, 6) is 0.912. The van der Waals surface area contributed by atoms with Gasteiger partial charge in [0.15, 0.2) is 11.5 Å². The van der Waals surface area contributed by atoms with Gasteiger partial charge in [0.1, 0.15) is 17.1 Å². The van der Waals surface area contributed by atoms with Crippen LogP contribution in [0.15, 0.2) is 69.9 Å². The van der Waals surface area contributed by atoms with Crippen LogP contribution in [0.25, 0.3) is 22.1 Å². The Balaban J connectivity index is 1.41. The van der Waals surface area contributed by atoms with E-state index in [1.807, 2.05) is 11.0 Å². The summed E-state index contributed by atoms with van der Waals surface area (Å²) in [7, 11) is 3.09. The molecule has 4 aromatic rings. The first-order valence-corrected chi connectivity index (χ1v) is 11.7. The van der Waals surface area contributed by atoms with Crippen LogP contribution in [-0.2, 0) is 6.54 Å². The number of aromatic hydroxyl groups is 1. The van der Waals surface area contributed by atoms with Crippen molar-refractivity contribution in [3.63, 3.8) is 0 Å². The van der Waals surface area contributed by atoms with Crippen LogP contribution in [0.3, 0.4) is 0 Å². The summed E-state index contributed by atoms with van der Waals surface area (Å²) in [6.45, 7) is 3.07. The molecular weight excluding hydrogens is 463 g/mol. The molecule has 0 bridgehead atoms. The van der Waals surface area contributed by atoms with Crippen LogP contribution in [0.2, 0.25) is 0 Å². The summed E-state index contributed by atoms with van der Waals surface area (Å²) in [6, 6.07) is 17.1. The quantitative estimate of drug-likeness (QED) is 0.395. The highest BCUT2D eigenvalue weighted by Gasteiger charge is 2.22. The van der Waals surface area contributed by atoms with Crippen molar-refractivity contribution in [2.75, 3.05) is 45.3 Å². The van der Waals surface area contributed by atoms with E-state index in [1.165, 1.54) is 13.2 Å². The third-order valence-electron chi connectivity index (χ3n) is 6.62. The van der Waals surface area contributed by atoms with Crippen molar-refractivity contribution >= 4 is 16.7 Å². The number of anilines is 1. The number of phenolic OH excluding ortho intramolecular Hbond substituents is 1. The topological polar surface area (TPSA) is 75.4 Å². The summed E-state index contributed by atoms with van der Waals surface area (Å²) in [6.07, 6.45) is 0. The Hall–Kier alpha value is -4.04. The number of para-hydroxylation sites is 1. The molecule has 36 heavy (non-hydrogen) atoms. The zero-order valence-electron chi connectivity index (χ0n) is 20.2. The van der Waals surface area contributed by atoms with E-state index in [9.17, 15) is 14.3 Å². The summed E-state index contributed by atoms with van der Waals surface area (Å²) < 4.78 is 30.6. The normalized spacial score (nSPS) is 14.2. The summed E-state index contributed by atoms with van der Waals surface area (Å²) >= 11 is 0. The van der Waals surface area contributed by atoms with Crippen LogP contribution in [0.1, 0.15) is 5.56 Å². The van der Waals surface area contributed by atoms with Crippen molar-refractivity contribution < 1.29 is 23.4 Å². The highest BCUT2D eigenvalue weighted by molar-refractivity contribution is 5.86. The van der Waals surface area contributed by atoms with Gasteiger partial charge in [-0.3, -0.25) is 4.90 Å². The predicted octanol–water partition coefficient (Wildman–Crippen LogP) is 4.64. The lowest BCUT2D eigenvalue weighted by molar-refractivity contribution is 0.246. The van der Waals surface area contributed by atoms with E-state index in [-0.39, 0.29) is 11.6 Å². The Morgan fingerprint density at radius 3 is 2.42 bits per heavy atom. The molecule has 0 aliphatic carbocycles. The summed E-state index contributed by atoms with van der Waals surface area (Å²) in [5.41, 5.74) is 2.04. The lowest BCUT2D eigenvalue weighted by atomic mass is 10.0. The van der Waals surface area contributed by atoms with E-state index in [1.54, 1.807) is 55.6 Å². The molecule has 2 heterocycles. The maximum atomic E-state index is 14.2. The Kier molecular flexibility index (Phi) is 6.52. The maximum Gasteiger partial charge on any atom is 0.344 e. The van der Waals surface area contributed by atoms with Gasteiger partial charge in [-0.2, -0.15) is 0 Å². The van der Waals surface area contributed by atoms with Gasteiger partial charge in [-0.1, -0.05) is 18.2 Å². The zero-order valence-corrected chi connectivity index (χ0v) is 20.2. The number of piperazine rings is 1. The molecule has 0 atom stereocenters. The van der Waals surface area contributed by atoms with Gasteiger partial charge in [-0.15, -0.1) is 0 Å². The van der Waals surface area contributed by atoms with Crippen LogP contribution >= 0.6 is 0 Å². The lowest BCUT2D eigenvalue weighted by Gasteiger charge is -2.36. The van der Waals surface area contributed by atoms with Crippen molar-refractivity contribution in [3.05, 3.63) is 82.5 Å². The van der Waals surface area contributed by atoms with Gasteiger partial charge in [-0.25, -0.2) is 9.18 Å². The highest BCUT2D eigenvalue weighted by Crippen LogP contribution is 2.34. The first kappa shape index (κ1) is 23.7. The average molecular weight is 491 g/mol. The number of hydrogen-bond acceptors (Lipinski definition) is 7. The number of hydrogen-bond donors (Lipinski definition) is 1. The minimum Gasteiger partial charge on any atom is -0.507 e. The SMILES string of the molecule is COc1ccc(-c2cc3ccc(O)c(CN4CCN(c5ccccc5F)CC4)c3oc2=O)cc1OC. The first-order chi connectivity index (χ1) is 17.5. The minimum absolute atomic E-state index is 0.0704. The highest BCUT2D eigenvalue weighted by atomic mass is 19.1. The Labute approximate surface area is 207 Å². The van der Waals surface area contributed by atoms with Crippen molar-refractivity contribution in [1.82, 2.24) is 4.90 Å². The molecule has 186 valence electrons. The summed E-state index contributed by atoms with van der Waals surface area (Å²) in [4.78, 5) is 17.2. The van der Waals surface area contributed by atoms with Gasteiger partial charge in [0, 0.05) is 38.1 Å². The van der Waals surface area contributed by atoms with Gasteiger partial charge in [0.2, 0.25) is 0 Å². The van der Waals surface area contributed by atoms with E-state index in [0.717, 1.165) is 0 Å². The summed E-state index contributed by atoms with van der Waals surface area (Å²) in [5, 5.41) is 11.3. The molecule has 0 radical (unpaired) electrons. The molecule has 0 spiro atoms. The fraction of sp³-hybridized carbons (Fsp3) is 0.250. The van der Waals surface area contributed by atoms with E-state index >= 15 is 0 Å². The second kappa shape index (κ2) is 9.91. The van der Waals surface area contributed by atoms with Gasteiger partial charge in [0.25, 0.3) is 0 Å². The second-order valence-electron chi connectivity index (χ2n) is 8.71. The van der Waals surface area contributed by atoms with E-state index < -0.39 is 5.63 Å². The van der Waals surface area contributed by atoms with Crippen molar-refractivity contribution in [3.8, 4) is 28.4 Å². The number of nitrogens with zero attached hydrogens (tertiary/aromatic N) is 2. The zero-order chi connectivity index (χ0) is 25.2. The van der Waals surface area contributed by atoms with Crippen LogP contribution < -0.4 is 20.0 Å². The maximum absolute atomic E-state index is 14.2. The Morgan fingerprint density at radius 2 is 1.69 bits per heavy atom. The largest absolute Gasteiger partial charge is 0.507 e. The van der Waals surface area contributed by atoms with Crippen LogP contribution in [-0.4, -0.2) is 50.4 Å². The third-order valence-corrected chi connectivity index (χ3v) is 6.62. The monoisotopic (exact) mass is 490 g/mol. The molecular formula is C28H27FN2O5. The second-order valence-corrected chi connectivity index (χ2v) is 8.71. The van der Waals surface area contributed by atoms with Crippen molar-refractivity contribution in [1.29, 1.82) is 0 Å². The molecule has 1 saturated heterocycles. The number of phenols is 1. The lowest BCUT2D eigenvalue weighted by Crippen LogP contribution is -2.46. The molecule has 1 aromatic heterocycles. The molecule has 8 heteroatoms. The van der Waals surface area contributed by atoms with Gasteiger partial charge >= 0.3 is 5.63 Å². The van der Waals surface area contributed by atoms with Crippen LogP contribution in [0.5, 0.6) is 17.2 Å². The number of fused-ring (bicyclic) bond motifs is 1. The fourth-order valence-corrected chi connectivity index (χ4v) is 4.67. The molecule has 7 nitrogen and oxygen atoms in total. The first-order valence-electron chi connectivity index (χ1n) is 11.7. The van der Waals surface area contributed by atoms with Crippen LogP contribution in [0, 0.1) is 5.82 Å². The van der Waals surface area contributed by atoms with E-state index in [2.05, 4.69) is 4.90 Å². The molecule has 1 N–H and O–H groups in total. The average Bonchev–Trinajstić information content (AvgIpc) is 2.90. The van der Waals surface area contributed by atoms with Crippen molar-refractivity contribution in [2.24, 2.45) is 0 Å². The molecule has 5 rings (SSSR count). The van der Waals surface area contributed by atoms with Crippen LogP contribution in [0.4, 0.5) is 10.1 Å². The van der Waals surface area contributed by atoms with E-state index in [0.29, 0.717) is 77.6 Å². The number of ether oxygens (including phenoxy) is 2. The van der Waals surface area contributed by atoms with Gasteiger partial charge in [0.05, 0.1) is 31.0 Å². The molecule has 1 fully saturated rings. The van der Waals surface area contributed by atoms with Gasteiger partial charge in [-0.05, 0) is 48.0 Å². The predicted molar refractivity (Wildman–Crippen MR) is 137 cm³/mol. The number of halogens is 1. The molecule has 0 amide bonds.